The van der Waals surface area contributed by atoms with E-state index in [9.17, 15) is 4.79 Å². The van der Waals surface area contributed by atoms with E-state index in [0.717, 1.165) is 30.5 Å². The fraction of sp³-hybridized carbons (Fsp3) is 0.278. The number of H-pyrrole nitrogens is 1. The third-order valence-corrected chi connectivity index (χ3v) is 4.16. The van der Waals surface area contributed by atoms with Gasteiger partial charge in [0.15, 0.2) is 0 Å². The first kappa shape index (κ1) is 15.6. The molecule has 2 N–H and O–H groups in total. The molecule has 1 aliphatic rings. The molecule has 0 aliphatic carbocycles. The van der Waals surface area contributed by atoms with Crippen molar-refractivity contribution in [2.45, 2.75) is 6.42 Å². The molecule has 1 amide bonds. The van der Waals surface area contributed by atoms with Gasteiger partial charge in [-0.05, 0) is 36.8 Å². The summed E-state index contributed by atoms with van der Waals surface area (Å²) in [6.45, 7) is 2.14. The second-order valence-electron chi connectivity index (χ2n) is 6.00. The highest BCUT2D eigenvalue weighted by Gasteiger charge is 2.18. The van der Waals surface area contributed by atoms with Crippen LogP contribution in [0.5, 0.6) is 5.88 Å². The Kier molecular flexibility index (Phi) is 4.30. The number of carbonyl (C=O) groups is 1. The molecular formula is C18H18N4O3. The van der Waals surface area contributed by atoms with E-state index in [2.05, 4.69) is 20.5 Å². The Hall–Kier alpha value is -2.93. The van der Waals surface area contributed by atoms with E-state index in [1.54, 1.807) is 24.4 Å². The van der Waals surface area contributed by atoms with Gasteiger partial charge < -0.3 is 14.8 Å². The average molecular weight is 338 g/mol. The van der Waals surface area contributed by atoms with Gasteiger partial charge in [-0.3, -0.25) is 14.9 Å². The molecule has 7 nitrogen and oxygen atoms in total. The average Bonchev–Trinajstić information content (AvgIpc) is 3.30. The topological polar surface area (TPSA) is 89.1 Å². The van der Waals surface area contributed by atoms with Gasteiger partial charge in [0.05, 0.1) is 24.1 Å². The number of nitrogens with zero attached hydrogens (tertiary/aromatic N) is 2. The van der Waals surface area contributed by atoms with E-state index in [0.29, 0.717) is 29.8 Å². The van der Waals surface area contributed by atoms with Gasteiger partial charge in [-0.15, -0.1) is 5.10 Å². The zero-order valence-electron chi connectivity index (χ0n) is 13.6. The van der Waals surface area contributed by atoms with E-state index in [1.807, 2.05) is 18.2 Å². The van der Waals surface area contributed by atoms with Crippen molar-refractivity contribution in [1.29, 1.82) is 0 Å². The Labute approximate surface area is 144 Å². The van der Waals surface area contributed by atoms with Crippen LogP contribution in [0.1, 0.15) is 16.9 Å². The van der Waals surface area contributed by atoms with Crippen LogP contribution in [0.25, 0.3) is 10.9 Å². The van der Waals surface area contributed by atoms with Gasteiger partial charge in [0, 0.05) is 24.4 Å². The molecule has 1 aliphatic heterocycles. The Morgan fingerprint density at radius 2 is 2.32 bits per heavy atom. The summed E-state index contributed by atoms with van der Waals surface area (Å²) in [5.74, 6) is 0.741. The van der Waals surface area contributed by atoms with Crippen LogP contribution in [0, 0.1) is 5.92 Å². The van der Waals surface area contributed by atoms with Crippen molar-refractivity contribution in [2.24, 2.45) is 5.92 Å². The van der Waals surface area contributed by atoms with E-state index >= 15 is 0 Å². The first-order valence-corrected chi connectivity index (χ1v) is 8.20. The van der Waals surface area contributed by atoms with Crippen LogP contribution in [0.3, 0.4) is 0 Å². The van der Waals surface area contributed by atoms with Crippen molar-refractivity contribution in [3.05, 3.63) is 48.3 Å². The Balaban J connectivity index is 1.46. The number of pyridine rings is 1. The first-order chi connectivity index (χ1) is 12.3. The number of fused-ring (bicyclic) bond motifs is 1. The lowest BCUT2D eigenvalue weighted by Crippen LogP contribution is -2.13. The molecule has 1 atom stereocenters. The third kappa shape index (κ3) is 3.46. The van der Waals surface area contributed by atoms with Crippen LogP contribution in [0.4, 0.5) is 5.69 Å². The van der Waals surface area contributed by atoms with Gasteiger partial charge in [-0.2, -0.15) is 0 Å². The standard InChI is InChI=1S/C18H18N4O3/c23-17(15-3-1-2-7-19-15)20-13-4-5-14-16(9-13)21-22-18(14)25-11-12-6-8-24-10-12/h1-5,7,9,12H,6,8,10-11H2,(H,20,23)(H,21,22)/t12-/m0/s1. The van der Waals surface area contributed by atoms with Crippen LogP contribution in [-0.2, 0) is 4.74 Å². The highest BCUT2D eigenvalue weighted by molar-refractivity contribution is 6.03. The van der Waals surface area contributed by atoms with Crippen LogP contribution >= 0.6 is 0 Å². The summed E-state index contributed by atoms with van der Waals surface area (Å²) in [7, 11) is 0. The van der Waals surface area contributed by atoms with Crippen molar-refractivity contribution in [3.8, 4) is 5.88 Å². The molecule has 3 aromatic rings. The van der Waals surface area contributed by atoms with Gasteiger partial charge in [0.2, 0.25) is 5.88 Å². The number of aromatic nitrogens is 3. The van der Waals surface area contributed by atoms with Crippen molar-refractivity contribution < 1.29 is 14.3 Å². The predicted octanol–water partition coefficient (Wildman–Crippen LogP) is 2.63. The summed E-state index contributed by atoms with van der Waals surface area (Å²) in [6, 6.07) is 10.8. The molecule has 0 spiro atoms. The molecule has 1 fully saturated rings. The second-order valence-corrected chi connectivity index (χ2v) is 6.00. The highest BCUT2D eigenvalue weighted by Crippen LogP contribution is 2.26. The zero-order chi connectivity index (χ0) is 17.1. The first-order valence-electron chi connectivity index (χ1n) is 8.20. The van der Waals surface area contributed by atoms with Crippen molar-refractivity contribution in [1.82, 2.24) is 15.2 Å². The van der Waals surface area contributed by atoms with Crippen molar-refractivity contribution >= 4 is 22.5 Å². The maximum Gasteiger partial charge on any atom is 0.274 e. The number of carbonyl (C=O) groups excluding carboxylic acids is 1. The SMILES string of the molecule is O=C(Nc1ccc2c(OC[C@H]3CCOC3)n[nH]c2c1)c1ccccn1. The Morgan fingerprint density at radius 3 is 3.12 bits per heavy atom. The molecule has 0 unspecified atom stereocenters. The quantitative estimate of drug-likeness (QED) is 0.746. The molecular weight excluding hydrogens is 320 g/mol. The van der Waals surface area contributed by atoms with Gasteiger partial charge >= 0.3 is 0 Å². The minimum absolute atomic E-state index is 0.253. The van der Waals surface area contributed by atoms with Crippen molar-refractivity contribution in [2.75, 3.05) is 25.1 Å². The monoisotopic (exact) mass is 338 g/mol. The van der Waals surface area contributed by atoms with Crippen LogP contribution in [0.15, 0.2) is 42.6 Å². The number of benzene rings is 1. The van der Waals surface area contributed by atoms with Gasteiger partial charge in [-0.1, -0.05) is 6.07 Å². The van der Waals surface area contributed by atoms with Gasteiger partial charge in [-0.25, -0.2) is 0 Å². The van der Waals surface area contributed by atoms with Crippen LogP contribution in [-0.4, -0.2) is 40.9 Å². The molecule has 128 valence electrons. The van der Waals surface area contributed by atoms with Crippen LogP contribution in [0.2, 0.25) is 0 Å². The minimum atomic E-state index is -0.253. The minimum Gasteiger partial charge on any atom is -0.476 e. The zero-order valence-corrected chi connectivity index (χ0v) is 13.6. The smallest absolute Gasteiger partial charge is 0.274 e. The molecule has 0 saturated carbocycles. The summed E-state index contributed by atoms with van der Waals surface area (Å²) in [4.78, 5) is 16.2. The number of rotatable bonds is 5. The van der Waals surface area contributed by atoms with E-state index in [4.69, 9.17) is 9.47 Å². The summed E-state index contributed by atoms with van der Waals surface area (Å²) in [5.41, 5.74) is 1.84. The fourth-order valence-electron chi connectivity index (χ4n) is 2.79. The largest absolute Gasteiger partial charge is 0.476 e. The third-order valence-electron chi connectivity index (χ3n) is 4.16. The predicted molar refractivity (Wildman–Crippen MR) is 92.7 cm³/mol. The lowest BCUT2D eigenvalue weighted by molar-refractivity contribution is 0.102. The summed E-state index contributed by atoms with van der Waals surface area (Å²) in [6.07, 6.45) is 2.61. The molecule has 0 radical (unpaired) electrons. The maximum absolute atomic E-state index is 12.2. The highest BCUT2D eigenvalue weighted by atomic mass is 16.5. The van der Waals surface area contributed by atoms with E-state index in [1.165, 1.54) is 0 Å². The Bertz CT molecular complexity index is 872. The number of amides is 1. The maximum atomic E-state index is 12.2. The number of anilines is 1. The second kappa shape index (κ2) is 6.90. The number of hydrogen-bond acceptors (Lipinski definition) is 5. The van der Waals surface area contributed by atoms with E-state index in [-0.39, 0.29) is 5.91 Å². The molecule has 3 heterocycles. The normalized spacial score (nSPS) is 16.9. The molecule has 7 heteroatoms. The van der Waals surface area contributed by atoms with E-state index < -0.39 is 0 Å². The molecule has 25 heavy (non-hydrogen) atoms. The number of ether oxygens (including phenoxy) is 2. The lowest BCUT2D eigenvalue weighted by atomic mass is 10.1. The fourth-order valence-corrected chi connectivity index (χ4v) is 2.79. The molecule has 1 saturated heterocycles. The Morgan fingerprint density at radius 1 is 1.36 bits per heavy atom. The number of hydrogen-bond donors (Lipinski definition) is 2. The lowest BCUT2D eigenvalue weighted by Gasteiger charge is -2.08. The number of nitrogens with one attached hydrogen (secondary N) is 2. The van der Waals surface area contributed by atoms with Crippen LogP contribution < -0.4 is 10.1 Å². The summed E-state index contributed by atoms with van der Waals surface area (Å²) in [5, 5.41) is 10.9. The molecule has 2 aromatic heterocycles. The summed E-state index contributed by atoms with van der Waals surface area (Å²) >= 11 is 0. The molecule has 0 bridgehead atoms. The summed E-state index contributed by atoms with van der Waals surface area (Å²) < 4.78 is 11.2. The van der Waals surface area contributed by atoms with Crippen molar-refractivity contribution in [3.63, 3.8) is 0 Å². The van der Waals surface area contributed by atoms with Gasteiger partial charge in [0.25, 0.3) is 5.91 Å². The molecule has 4 rings (SSSR count). The molecule has 1 aromatic carbocycles. The number of aromatic amines is 1. The van der Waals surface area contributed by atoms with Gasteiger partial charge in [0.1, 0.15) is 5.69 Å².